The summed E-state index contributed by atoms with van der Waals surface area (Å²) in [4.78, 5) is 13.0. The summed E-state index contributed by atoms with van der Waals surface area (Å²) in [5.74, 6) is -3.45. The normalized spacial score (nSPS) is 19.2. The van der Waals surface area contributed by atoms with Gasteiger partial charge in [0.1, 0.15) is 18.4 Å². The van der Waals surface area contributed by atoms with E-state index in [1.54, 1.807) is 30.3 Å². The van der Waals surface area contributed by atoms with Crippen molar-refractivity contribution in [3.8, 4) is 0 Å². The van der Waals surface area contributed by atoms with Crippen LogP contribution >= 0.6 is 0 Å². The molecule has 5 nitrogen and oxygen atoms in total. The number of hydrogen-bond donors (Lipinski definition) is 1. The van der Waals surface area contributed by atoms with E-state index >= 15 is 0 Å². The van der Waals surface area contributed by atoms with E-state index in [4.69, 9.17) is 4.74 Å². The van der Waals surface area contributed by atoms with Gasteiger partial charge in [-0.3, -0.25) is 0 Å². The molecule has 8 heteroatoms. The van der Waals surface area contributed by atoms with Crippen molar-refractivity contribution in [3.63, 3.8) is 0 Å². The molecular formula is C25H35BrF2N2O3. The van der Waals surface area contributed by atoms with Gasteiger partial charge in [-0.25, -0.2) is 22.7 Å². The quantitative estimate of drug-likeness (QED) is 0.290. The van der Waals surface area contributed by atoms with Gasteiger partial charge in [-0.1, -0.05) is 44.2 Å². The maximum absolute atomic E-state index is 13.9. The van der Waals surface area contributed by atoms with Gasteiger partial charge >= 0.3 is 5.97 Å². The minimum atomic E-state index is -2.87. The van der Waals surface area contributed by atoms with Crippen molar-refractivity contribution in [1.29, 1.82) is 0 Å². The molecule has 0 spiro atoms. The highest BCUT2D eigenvalue weighted by Gasteiger charge is 2.54. The Morgan fingerprint density at radius 2 is 1.97 bits per heavy atom. The predicted octanol–water partition coefficient (Wildman–Crippen LogP) is 1.71. The molecule has 3 rings (SSSR count). The molecule has 1 fully saturated rings. The lowest BCUT2D eigenvalue weighted by molar-refractivity contribution is -0.728. The highest BCUT2D eigenvalue weighted by Crippen LogP contribution is 2.47. The predicted molar refractivity (Wildman–Crippen MR) is 117 cm³/mol. The molecule has 184 valence electrons. The number of aryl methyl sites for hydroxylation is 1. The number of benzene rings is 1. The van der Waals surface area contributed by atoms with Gasteiger partial charge in [0.15, 0.2) is 5.60 Å². The summed E-state index contributed by atoms with van der Waals surface area (Å²) in [6, 6.07) is 8.77. The molecular weight excluding hydrogens is 494 g/mol. The maximum atomic E-state index is 13.9. The number of alkyl halides is 2. The summed E-state index contributed by atoms with van der Waals surface area (Å²) < 4.78 is 37.6. The first kappa shape index (κ1) is 27.4. The molecule has 1 heterocycles. The SMILES string of the molecule is CCC(CC)[n+]1ccn(CCCOC(=O)[C@](O)(c2ccccc2)[C@@H]2CCC(F)(F)C2)c1C.[Br-]. The third-order valence-electron chi connectivity index (χ3n) is 6.83. The summed E-state index contributed by atoms with van der Waals surface area (Å²) in [5, 5.41) is 11.3. The molecule has 33 heavy (non-hydrogen) atoms. The average molecular weight is 529 g/mol. The van der Waals surface area contributed by atoms with Crippen molar-refractivity contribution >= 4 is 5.97 Å². The fourth-order valence-electron chi connectivity index (χ4n) is 4.85. The first-order valence-electron chi connectivity index (χ1n) is 11.6. The number of aliphatic hydroxyl groups is 1. The van der Waals surface area contributed by atoms with Crippen molar-refractivity contribution in [2.75, 3.05) is 6.61 Å². The Morgan fingerprint density at radius 1 is 1.30 bits per heavy atom. The molecule has 1 aliphatic rings. The van der Waals surface area contributed by atoms with E-state index in [1.165, 1.54) is 0 Å². The van der Waals surface area contributed by atoms with Crippen LogP contribution in [0.15, 0.2) is 42.7 Å². The molecule has 0 saturated heterocycles. The zero-order valence-electron chi connectivity index (χ0n) is 19.6. The Hall–Kier alpha value is -1.80. The summed E-state index contributed by atoms with van der Waals surface area (Å²) in [6.45, 7) is 7.19. The van der Waals surface area contributed by atoms with Gasteiger partial charge in [-0.15, -0.1) is 0 Å². The Balaban J connectivity index is 0.00000385. The van der Waals surface area contributed by atoms with Gasteiger partial charge in [-0.05, 0) is 24.8 Å². The van der Waals surface area contributed by atoms with Crippen LogP contribution in [-0.2, 0) is 21.7 Å². The zero-order chi connectivity index (χ0) is 23.4. The van der Waals surface area contributed by atoms with Gasteiger partial charge in [0, 0.05) is 32.1 Å². The van der Waals surface area contributed by atoms with Crippen LogP contribution in [0.3, 0.4) is 0 Å². The third-order valence-corrected chi connectivity index (χ3v) is 6.83. The lowest BCUT2D eigenvalue weighted by atomic mass is 9.80. The number of hydrogen-bond acceptors (Lipinski definition) is 3. The van der Waals surface area contributed by atoms with E-state index in [0.29, 0.717) is 24.6 Å². The fraction of sp³-hybridized carbons (Fsp3) is 0.600. The molecule has 1 aliphatic carbocycles. The van der Waals surface area contributed by atoms with Crippen LogP contribution in [0.2, 0.25) is 0 Å². The van der Waals surface area contributed by atoms with Crippen LogP contribution in [0, 0.1) is 12.8 Å². The first-order chi connectivity index (χ1) is 15.2. The van der Waals surface area contributed by atoms with Gasteiger partial charge in [0.25, 0.3) is 5.82 Å². The summed E-state index contributed by atoms with van der Waals surface area (Å²) in [6.07, 6.45) is 6.01. The number of rotatable bonds is 10. The monoisotopic (exact) mass is 528 g/mol. The van der Waals surface area contributed by atoms with Crippen molar-refractivity contribution in [2.24, 2.45) is 5.92 Å². The minimum absolute atomic E-state index is 0. The molecule has 2 atom stereocenters. The number of carbonyl (C=O) groups is 1. The molecule has 1 aromatic carbocycles. The van der Waals surface area contributed by atoms with Crippen molar-refractivity contribution in [3.05, 3.63) is 54.1 Å². The summed E-state index contributed by atoms with van der Waals surface area (Å²) in [5.41, 5.74) is -1.76. The molecule has 1 aromatic heterocycles. The third kappa shape index (κ3) is 6.01. The van der Waals surface area contributed by atoms with Gasteiger partial charge in [0.05, 0.1) is 13.2 Å². The topological polar surface area (TPSA) is 55.3 Å². The van der Waals surface area contributed by atoms with Gasteiger partial charge < -0.3 is 26.8 Å². The molecule has 0 amide bonds. The number of carbonyl (C=O) groups excluding carboxylic acids is 1. The van der Waals surface area contributed by atoms with Crippen molar-refractivity contribution < 1.29 is 45.0 Å². The number of esters is 1. The number of nitrogens with zero attached hydrogens (tertiary/aromatic N) is 2. The molecule has 1 N–H and O–H groups in total. The number of aromatic nitrogens is 2. The largest absolute Gasteiger partial charge is 1.00 e. The zero-order valence-corrected chi connectivity index (χ0v) is 21.2. The van der Waals surface area contributed by atoms with E-state index in [2.05, 4.69) is 36.1 Å². The second kappa shape index (κ2) is 11.6. The molecule has 0 aliphatic heterocycles. The summed E-state index contributed by atoms with van der Waals surface area (Å²) >= 11 is 0. The Labute approximate surface area is 205 Å². The molecule has 0 unspecified atom stereocenters. The Bertz CT molecular complexity index is 902. The van der Waals surface area contributed by atoms with E-state index < -0.39 is 29.8 Å². The fourth-order valence-corrected chi connectivity index (χ4v) is 4.85. The number of imidazole rings is 1. The average Bonchev–Trinajstić information content (AvgIpc) is 3.34. The lowest BCUT2D eigenvalue weighted by Crippen LogP contribution is -3.00. The first-order valence-corrected chi connectivity index (χ1v) is 11.6. The van der Waals surface area contributed by atoms with Crippen LogP contribution in [0.5, 0.6) is 0 Å². The van der Waals surface area contributed by atoms with Crippen LogP contribution in [0.4, 0.5) is 8.78 Å². The molecule has 0 radical (unpaired) electrons. The van der Waals surface area contributed by atoms with E-state index in [1.807, 2.05) is 6.20 Å². The second-order valence-corrected chi connectivity index (χ2v) is 8.83. The minimum Gasteiger partial charge on any atom is -1.00 e. The molecule has 0 bridgehead atoms. The number of halogens is 3. The lowest BCUT2D eigenvalue weighted by Gasteiger charge is -2.32. The van der Waals surface area contributed by atoms with Gasteiger partial charge in [0.2, 0.25) is 5.92 Å². The van der Waals surface area contributed by atoms with Crippen molar-refractivity contribution in [2.45, 2.75) is 83.4 Å². The van der Waals surface area contributed by atoms with E-state index in [-0.39, 0.29) is 36.4 Å². The Kier molecular flexibility index (Phi) is 9.61. The maximum Gasteiger partial charge on any atom is 0.343 e. The molecule has 2 aromatic rings. The van der Waals surface area contributed by atoms with Crippen LogP contribution in [0.1, 0.15) is 69.8 Å². The van der Waals surface area contributed by atoms with E-state index in [0.717, 1.165) is 18.7 Å². The summed E-state index contributed by atoms with van der Waals surface area (Å²) in [7, 11) is 0. The van der Waals surface area contributed by atoms with Crippen LogP contribution in [0.25, 0.3) is 0 Å². The van der Waals surface area contributed by atoms with E-state index in [9.17, 15) is 18.7 Å². The van der Waals surface area contributed by atoms with Gasteiger partial charge in [-0.2, -0.15) is 0 Å². The molecule has 1 saturated carbocycles. The van der Waals surface area contributed by atoms with Crippen molar-refractivity contribution in [1.82, 2.24) is 4.57 Å². The standard InChI is InChI=1S/C25H35F2N2O3.BrH/c1-4-22(5-2)29-16-15-28(19(29)3)14-9-17-32-23(30)25(31,20-10-7-6-8-11-20)21-12-13-24(26,27)18-21;/h6-8,10-11,15-16,21-22,31H,4-5,9,12-14,17-18H2,1-3H3;1H/q+1;/p-1/t21-,25+;/m1./s1. The highest BCUT2D eigenvalue weighted by molar-refractivity contribution is 5.81. The second-order valence-electron chi connectivity index (χ2n) is 8.83. The number of ether oxygens (including phenoxy) is 1. The smallest absolute Gasteiger partial charge is 0.343 e. The highest BCUT2D eigenvalue weighted by atomic mass is 79.9. The Morgan fingerprint density at radius 3 is 2.55 bits per heavy atom. The van der Waals surface area contributed by atoms with Crippen LogP contribution < -0.4 is 21.5 Å². The van der Waals surface area contributed by atoms with Crippen LogP contribution in [-0.4, -0.2) is 28.2 Å².